The van der Waals surface area contributed by atoms with Gasteiger partial charge in [-0.15, -0.1) is 0 Å². The zero-order valence-electron chi connectivity index (χ0n) is 24.1. The van der Waals surface area contributed by atoms with Crippen molar-refractivity contribution in [3.8, 4) is 28.8 Å². The molecule has 0 bridgehead atoms. The van der Waals surface area contributed by atoms with Crippen LogP contribution in [-0.2, 0) is 6.61 Å². The number of ether oxygens (including phenoxy) is 3. The van der Waals surface area contributed by atoms with Crippen LogP contribution in [0.1, 0.15) is 18.1 Å². The summed E-state index contributed by atoms with van der Waals surface area (Å²) in [5, 5.41) is 16.8. The molecule has 0 N–H and O–H groups in total. The number of halogens is 1. The van der Waals surface area contributed by atoms with Crippen molar-refractivity contribution >= 4 is 45.4 Å². The second kappa shape index (κ2) is 12.5. The van der Waals surface area contributed by atoms with Crippen molar-refractivity contribution in [2.45, 2.75) is 13.5 Å². The first-order valence-corrected chi connectivity index (χ1v) is 14.2. The summed E-state index contributed by atoms with van der Waals surface area (Å²) in [6.45, 7) is 2.26. The Labute approximate surface area is 261 Å². The molecule has 0 spiro atoms. The van der Waals surface area contributed by atoms with E-state index >= 15 is 0 Å². The lowest BCUT2D eigenvalue weighted by molar-refractivity contribution is -0.384. The molecule has 0 atom stereocenters. The van der Waals surface area contributed by atoms with Crippen LogP contribution in [0.5, 0.6) is 17.2 Å². The minimum absolute atomic E-state index is 0.0145. The smallest absolute Gasteiger partial charge is 0.282 e. The van der Waals surface area contributed by atoms with Gasteiger partial charge in [-0.3, -0.25) is 14.9 Å². The van der Waals surface area contributed by atoms with Gasteiger partial charge in [0.15, 0.2) is 17.3 Å². The highest BCUT2D eigenvalue weighted by Gasteiger charge is 2.19. The van der Waals surface area contributed by atoms with Crippen LogP contribution < -0.4 is 19.8 Å². The predicted octanol–water partition coefficient (Wildman–Crippen LogP) is 7.24. The second-order valence-corrected chi connectivity index (χ2v) is 10.2. The van der Waals surface area contributed by atoms with Gasteiger partial charge in [0.1, 0.15) is 17.9 Å². The van der Waals surface area contributed by atoms with Crippen molar-refractivity contribution in [2.24, 2.45) is 5.10 Å². The maximum absolute atomic E-state index is 13.7. The van der Waals surface area contributed by atoms with Gasteiger partial charge < -0.3 is 18.6 Å². The molecule has 2 aromatic heterocycles. The molecule has 0 aliphatic heterocycles. The number of methoxy groups -OCH3 is 1. The minimum Gasteiger partial charge on any atom is -0.496 e. The molecule has 6 aromatic rings. The number of hydrogen-bond acceptors (Lipinski definition) is 9. The summed E-state index contributed by atoms with van der Waals surface area (Å²) in [6, 6.07) is 23.5. The number of nitro groups is 1. The fraction of sp³-hybridized carbons (Fsp3) is 0.121. The Morgan fingerprint density at radius 1 is 1.00 bits per heavy atom. The topological polar surface area (TPSA) is 131 Å². The Hall–Kier alpha value is -5.68. The number of benzene rings is 4. The predicted molar refractivity (Wildman–Crippen MR) is 171 cm³/mol. The lowest BCUT2D eigenvalue weighted by Gasteiger charge is -2.14. The molecule has 0 aliphatic rings. The monoisotopic (exact) mass is 624 g/mol. The van der Waals surface area contributed by atoms with E-state index in [2.05, 4.69) is 5.10 Å². The molecule has 2 heterocycles. The molecular weight excluding hydrogens is 600 g/mol. The summed E-state index contributed by atoms with van der Waals surface area (Å²) in [6.07, 6.45) is 1.47. The summed E-state index contributed by atoms with van der Waals surface area (Å²) in [4.78, 5) is 28.9. The maximum atomic E-state index is 13.7. The van der Waals surface area contributed by atoms with Crippen molar-refractivity contribution in [2.75, 3.05) is 13.7 Å². The van der Waals surface area contributed by atoms with E-state index in [0.29, 0.717) is 57.2 Å². The summed E-state index contributed by atoms with van der Waals surface area (Å²) in [7, 11) is 1.57. The SMILES string of the molecule is CCOc1cc(C=Nn2c(-c3cc4c(OC)cccc4o3)nc3ccccc3c2=O)cc(Cl)c1OCc1ccc([N+](=O)[O-])cc1. The number of non-ortho nitro benzene ring substituents is 1. The van der Waals surface area contributed by atoms with Crippen molar-refractivity contribution in [1.82, 2.24) is 9.66 Å². The van der Waals surface area contributed by atoms with Gasteiger partial charge in [0.25, 0.3) is 11.2 Å². The van der Waals surface area contributed by atoms with Crippen LogP contribution in [0.25, 0.3) is 33.5 Å². The van der Waals surface area contributed by atoms with Crippen molar-refractivity contribution < 1.29 is 23.6 Å². The molecule has 0 saturated carbocycles. The highest BCUT2D eigenvalue weighted by Crippen LogP contribution is 2.37. The number of nitrogens with zero attached hydrogens (tertiary/aromatic N) is 4. The third-order valence-electron chi connectivity index (χ3n) is 6.90. The Morgan fingerprint density at radius 3 is 2.56 bits per heavy atom. The van der Waals surface area contributed by atoms with E-state index < -0.39 is 10.5 Å². The molecule has 0 fully saturated rings. The van der Waals surface area contributed by atoms with Crippen LogP contribution >= 0.6 is 11.6 Å². The van der Waals surface area contributed by atoms with Crippen molar-refractivity contribution in [1.29, 1.82) is 0 Å². The third-order valence-corrected chi connectivity index (χ3v) is 7.18. The van der Waals surface area contributed by atoms with Gasteiger partial charge >= 0.3 is 0 Å². The first-order chi connectivity index (χ1) is 21.9. The Kier molecular flexibility index (Phi) is 8.17. The Balaban J connectivity index is 1.38. The van der Waals surface area contributed by atoms with E-state index in [4.69, 9.17) is 35.2 Å². The molecule has 11 nitrogen and oxygen atoms in total. The fourth-order valence-corrected chi connectivity index (χ4v) is 5.05. The van der Waals surface area contributed by atoms with Gasteiger partial charge in [-0.2, -0.15) is 9.78 Å². The summed E-state index contributed by atoms with van der Waals surface area (Å²) in [5.74, 6) is 1.82. The third kappa shape index (κ3) is 5.93. The lowest BCUT2D eigenvalue weighted by Crippen LogP contribution is -2.20. The number of hydrogen-bond donors (Lipinski definition) is 0. The molecule has 0 amide bonds. The van der Waals surface area contributed by atoms with E-state index in [-0.39, 0.29) is 23.1 Å². The number of aromatic nitrogens is 2. The Morgan fingerprint density at radius 2 is 1.80 bits per heavy atom. The van der Waals surface area contributed by atoms with Crippen molar-refractivity contribution in [3.05, 3.63) is 122 Å². The van der Waals surface area contributed by atoms with Gasteiger partial charge in [0.2, 0.25) is 5.82 Å². The normalized spacial score (nSPS) is 11.4. The number of rotatable bonds is 10. The first kappa shape index (κ1) is 29.4. The van der Waals surface area contributed by atoms with E-state index in [1.54, 1.807) is 67.8 Å². The highest BCUT2D eigenvalue weighted by atomic mass is 35.5. The van der Waals surface area contributed by atoms with Crippen LogP contribution in [0, 0.1) is 10.1 Å². The molecule has 0 radical (unpaired) electrons. The largest absolute Gasteiger partial charge is 0.496 e. The minimum atomic E-state index is -0.464. The number of para-hydroxylation sites is 1. The summed E-state index contributed by atoms with van der Waals surface area (Å²) in [5.41, 5.74) is 1.90. The van der Waals surface area contributed by atoms with Gasteiger partial charge in [-0.1, -0.05) is 29.8 Å². The average molecular weight is 625 g/mol. The fourth-order valence-electron chi connectivity index (χ4n) is 4.77. The molecular formula is C33H25ClN4O7. The van der Waals surface area contributed by atoms with E-state index in [9.17, 15) is 14.9 Å². The highest BCUT2D eigenvalue weighted by molar-refractivity contribution is 6.32. The zero-order chi connectivity index (χ0) is 31.5. The van der Waals surface area contributed by atoms with Crippen LogP contribution in [0.15, 0.2) is 99.2 Å². The molecule has 226 valence electrons. The lowest BCUT2D eigenvalue weighted by atomic mass is 10.2. The maximum Gasteiger partial charge on any atom is 0.282 e. The summed E-state index contributed by atoms with van der Waals surface area (Å²) < 4.78 is 24.5. The van der Waals surface area contributed by atoms with Gasteiger partial charge in [0, 0.05) is 12.1 Å². The van der Waals surface area contributed by atoms with Gasteiger partial charge in [-0.05, 0) is 72.6 Å². The second-order valence-electron chi connectivity index (χ2n) is 9.77. The quantitative estimate of drug-likeness (QED) is 0.0885. The first-order valence-electron chi connectivity index (χ1n) is 13.8. The zero-order valence-corrected chi connectivity index (χ0v) is 24.9. The Bertz CT molecular complexity index is 2140. The van der Waals surface area contributed by atoms with E-state index in [1.807, 2.05) is 19.1 Å². The molecule has 4 aromatic carbocycles. The standard InChI is InChI=1S/C33H25ClN4O7/c1-3-43-29-16-21(15-25(34)31(29)44-19-20-11-13-22(14-12-20)38(40)41)18-35-37-32(36-26-8-5-4-7-23(26)33(37)39)30-17-24-27(42-2)9-6-10-28(24)45-30/h4-18H,3,19H2,1-2H3. The van der Waals surface area contributed by atoms with Gasteiger partial charge in [-0.25, -0.2) is 4.98 Å². The van der Waals surface area contributed by atoms with Gasteiger partial charge in [0.05, 0.1) is 46.2 Å². The van der Waals surface area contributed by atoms with Crippen molar-refractivity contribution in [3.63, 3.8) is 0 Å². The average Bonchev–Trinajstić information content (AvgIpc) is 3.49. The molecule has 6 rings (SSSR count). The summed E-state index contributed by atoms with van der Waals surface area (Å²) >= 11 is 6.63. The molecule has 12 heteroatoms. The van der Waals surface area contributed by atoms with Crippen LogP contribution in [0.3, 0.4) is 0 Å². The number of fused-ring (bicyclic) bond motifs is 2. The van der Waals surface area contributed by atoms with E-state index in [0.717, 1.165) is 5.39 Å². The van der Waals surface area contributed by atoms with Crippen LogP contribution in [-0.4, -0.2) is 34.5 Å². The molecule has 45 heavy (non-hydrogen) atoms. The van der Waals surface area contributed by atoms with Crippen LogP contribution in [0.4, 0.5) is 5.69 Å². The van der Waals surface area contributed by atoms with E-state index in [1.165, 1.54) is 23.0 Å². The molecule has 0 saturated heterocycles. The van der Waals surface area contributed by atoms with Crippen LogP contribution in [0.2, 0.25) is 5.02 Å². The molecule has 0 aliphatic carbocycles. The number of furan rings is 1. The number of nitro benzene ring substituents is 1. The molecule has 0 unspecified atom stereocenters.